The Balaban J connectivity index is 2.02. The van der Waals surface area contributed by atoms with Gasteiger partial charge in [-0.25, -0.2) is 0 Å². The highest BCUT2D eigenvalue weighted by Gasteiger charge is 2.07. The SMILES string of the molecule is NCC#Cc1cc(Cl)ccc1NC(=O)CCn1cccn1. The Kier molecular flexibility index (Phi) is 5.38. The van der Waals surface area contributed by atoms with E-state index in [9.17, 15) is 4.79 Å². The average molecular weight is 303 g/mol. The highest BCUT2D eigenvalue weighted by Crippen LogP contribution is 2.20. The molecule has 0 aliphatic heterocycles. The zero-order valence-corrected chi connectivity index (χ0v) is 12.1. The summed E-state index contributed by atoms with van der Waals surface area (Å²) in [7, 11) is 0. The molecule has 5 nitrogen and oxygen atoms in total. The highest BCUT2D eigenvalue weighted by molar-refractivity contribution is 6.30. The first kappa shape index (κ1) is 15.1. The van der Waals surface area contributed by atoms with Gasteiger partial charge in [-0.1, -0.05) is 23.4 Å². The summed E-state index contributed by atoms with van der Waals surface area (Å²) in [5.74, 6) is 5.54. The number of aromatic nitrogens is 2. The van der Waals surface area contributed by atoms with Crippen molar-refractivity contribution in [2.75, 3.05) is 11.9 Å². The fourth-order valence-electron chi connectivity index (χ4n) is 1.74. The predicted molar refractivity (Wildman–Crippen MR) is 82.9 cm³/mol. The number of carbonyl (C=O) groups is 1. The number of nitrogens with two attached hydrogens (primary N) is 1. The van der Waals surface area contributed by atoms with Gasteiger partial charge in [0.05, 0.1) is 12.2 Å². The summed E-state index contributed by atoms with van der Waals surface area (Å²) in [5.41, 5.74) is 6.65. The summed E-state index contributed by atoms with van der Waals surface area (Å²) in [6.45, 7) is 0.773. The molecule has 0 aliphatic carbocycles. The van der Waals surface area contributed by atoms with Crippen molar-refractivity contribution in [3.63, 3.8) is 0 Å². The number of aryl methyl sites for hydroxylation is 1. The van der Waals surface area contributed by atoms with Gasteiger partial charge in [-0.15, -0.1) is 0 Å². The smallest absolute Gasteiger partial charge is 0.226 e. The largest absolute Gasteiger partial charge is 0.325 e. The van der Waals surface area contributed by atoms with Gasteiger partial charge in [-0.05, 0) is 24.3 Å². The van der Waals surface area contributed by atoms with Gasteiger partial charge in [0.25, 0.3) is 0 Å². The number of halogens is 1. The van der Waals surface area contributed by atoms with Crippen LogP contribution in [0.25, 0.3) is 0 Å². The number of hydrogen-bond donors (Lipinski definition) is 2. The Morgan fingerprint density at radius 1 is 1.48 bits per heavy atom. The first-order valence-corrected chi connectivity index (χ1v) is 6.82. The third-order valence-electron chi connectivity index (χ3n) is 2.71. The maximum Gasteiger partial charge on any atom is 0.226 e. The quantitative estimate of drug-likeness (QED) is 0.847. The van der Waals surface area contributed by atoms with Crippen LogP contribution in [-0.4, -0.2) is 22.2 Å². The van der Waals surface area contributed by atoms with Gasteiger partial charge in [0.1, 0.15) is 0 Å². The Hall–Kier alpha value is -2.29. The second-order valence-electron chi connectivity index (χ2n) is 4.26. The van der Waals surface area contributed by atoms with Crippen molar-refractivity contribution in [3.8, 4) is 11.8 Å². The van der Waals surface area contributed by atoms with Crippen molar-refractivity contribution in [3.05, 3.63) is 47.2 Å². The molecule has 0 saturated heterocycles. The molecule has 0 aliphatic rings. The fourth-order valence-corrected chi connectivity index (χ4v) is 1.91. The van der Waals surface area contributed by atoms with E-state index < -0.39 is 0 Å². The Morgan fingerprint density at radius 3 is 3.05 bits per heavy atom. The van der Waals surface area contributed by atoms with E-state index in [0.29, 0.717) is 29.2 Å². The van der Waals surface area contributed by atoms with Crippen LogP contribution in [-0.2, 0) is 11.3 Å². The summed E-state index contributed by atoms with van der Waals surface area (Å²) >= 11 is 5.94. The van der Waals surface area contributed by atoms with Crippen LogP contribution >= 0.6 is 11.6 Å². The molecule has 6 heteroatoms. The molecule has 0 fully saturated rings. The molecule has 21 heavy (non-hydrogen) atoms. The van der Waals surface area contributed by atoms with Crippen LogP contribution in [0, 0.1) is 11.8 Å². The van der Waals surface area contributed by atoms with E-state index in [0.717, 1.165) is 0 Å². The third-order valence-corrected chi connectivity index (χ3v) is 2.94. The molecule has 1 heterocycles. The fraction of sp³-hybridized carbons (Fsp3) is 0.200. The van der Waals surface area contributed by atoms with Gasteiger partial charge in [0, 0.05) is 35.9 Å². The van der Waals surface area contributed by atoms with Crippen LogP contribution in [0.3, 0.4) is 0 Å². The van der Waals surface area contributed by atoms with Crippen LogP contribution in [0.4, 0.5) is 5.69 Å². The minimum Gasteiger partial charge on any atom is -0.325 e. The topological polar surface area (TPSA) is 72.9 Å². The summed E-state index contributed by atoms with van der Waals surface area (Å²) in [4.78, 5) is 12.0. The zero-order chi connectivity index (χ0) is 15.1. The van der Waals surface area contributed by atoms with Gasteiger partial charge in [-0.3, -0.25) is 9.48 Å². The van der Waals surface area contributed by atoms with E-state index in [4.69, 9.17) is 17.3 Å². The van der Waals surface area contributed by atoms with E-state index in [1.54, 1.807) is 29.1 Å². The van der Waals surface area contributed by atoms with Gasteiger partial charge in [0.15, 0.2) is 0 Å². The predicted octanol–water partition coefficient (Wildman–Crippen LogP) is 1.88. The van der Waals surface area contributed by atoms with E-state index in [-0.39, 0.29) is 12.5 Å². The minimum absolute atomic E-state index is 0.108. The molecule has 1 aromatic heterocycles. The normalized spacial score (nSPS) is 9.81. The van der Waals surface area contributed by atoms with E-state index >= 15 is 0 Å². The lowest BCUT2D eigenvalue weighted by Gasteiger charge is -2.08. The monoisotopic (exact) mass is 302 g/mol. The molecule has 2 aromatic rings. The van der Waals surface area contributed by atoms with Crippen LogP contribution in [0.2, 0.25) is 5.02 Å². The van der Waals surface area contributed by atoms with Crippen molar-refractivity contribution in [2.45, 2.75) is 13.0 Å². The number of anilines is 1. The summed E-state index contributed by atoms with van der Waals surface area (Å²) < 4.78 is 1.70. The van der Waals surface area contributed by atoms with Crippen LogP contribution < -0.4 is 11.1 Å². The van der Waals surface area contributed by atoms with E-state index in [2.05, 4.69) is 22.3 Å². The second kappa shape index (κ2) is 7.48. The molecule has 0 atom stereocenters. The molecule has 3 N–H and O–H groups in total. The Labute approximate surface area is 128 Å². The number of nitrogens with one attached hydrogen (secondary N) is 1. The summed E-state index contributed by atoms with van der Waals surface area (Å²) in [6.07, 6.45) is 3.82. The van der Waals surface area contributed by atoms with E-state index in [1.807, 2.05) is 12.3 Å². The molecular formula is C15H15ClN4O. The number of benzene rings is 1. The molecule has 2 rings (SSSR count). The van der Waals surface area contributed by atoms with Crippen LogP contribution in [0.5, 0.6) is 0 Å². The number of rotatable bonds is 4. The Bertz CT molecular complexity index is 671. The molecule has 108 valence electrons. The second-order valence-corrected chi connectivity index (χ2v) is 4.70. The molecule has 0 saturated carbocycles. The molecule has 0 unspecified atom stereocenters. The molecule has 1 aromatic carbocycles. The Morgan fingerprint density at radius 2 is 2.33 bits per heavy atom. The maximum absolute atomic E-state index is 12.0. The zero-order valence-electron chi connectivity index (χ0n) is 11.3. The van der Waals surface area contributed by atoms with Crippen molar-refractivity contribution < 1.29 is 4.79 Å². The minimum atomic E-state index is -0.108. The van der Waals surface area contributed by atoms with Crippen LogP contribution in [0.1, 0.15) is 12.0 Å². The molecule has 0 spiro atoms. The lowest BCUT2D eigenvalue weighted by atomic mass is 10.1. The summed E-state index contributed by atoms with van der Waals surface area (Å²) in [6, 6.07) is 6.96. The van der Waals surface area contributed by atoms with Crippen molar-refractivity contribution >= 4 is 23.2 Å². The average Bonchev–Trinajstić information content (AvgIpc) is 2.98. The van der Waals surface area contributed by atoms with Gasteiger partial charge in [0.2, 0.25) is 5.91 Å². The molecule has 0 bridgehead atoms. The standard InChI is InChI=1S/C15H15ClN4O/c16-13-4-5-14(12(11-13)3-1-7-17)19-15(21)6-10-20-9-2-8-18-20/h2,4-5,8-9,11H,6-7,10,17H2,(H,19,21). The molecule has 0 radical (unpaired) electrons. The van der Waals surface area contributed by atoms with Crippen molar-refractivity contribution in [1.82, 2.24) is 9.78 Å². The third kappa shape index (κ3) is 4.63. The molecule has 1 amide bonds. The maximum atomic E-state index is 12.0. The number of amides is 1. The number of nitrogens with zero attached hydrogens (tertiary/aromatic N) is 2. The molecular weight excluding hydrogens is 288 g/mol. The van der Waals surface area contributed by atoms with Gasteiger partial charge < -0.3 is 11.1 Å². The summed E-state index contributed by atoms with van der Waals surface area (Å²) in [5, 5.41) is 7.44. The lowest BCUT2D eigenvalue weighted by molar-refractivity contribution is -0.116. The lowest BCUT2D eigenvalue weighted by Crippen LogP contribution is -2.15. The first-order chi connectivity index (χ1) is 10.2. The van der Waals surface area contributed by atoms with E-state index in [1.165, 1.54) is 0 Å². The van der Waals surface area contributed by atoms with Gasteiger partial charge >= 0.3 is 0 Å². The first-order valence-electron chi connectivity index (χ1n) is 6.45. The van der Waals surface area contributed by atoms with Crippen molar-refractivity contribution in [1.29, 1.82) is 0 Å². The number of carbonyl (C=O) groups excluding carboxylic acids is 1. The number of hydrogen-bond acceptors (Lipinski definition) is 3. The van der Waals surface area contributed by atoms with Crippen LogP contribution in [0.15, 0.2) is 36.7 Å². The highest BCUT2D eigenvalue weighted by atomic mass is 35.5. The van der Waals surface area contributed by atoms with Crippen molar-refractivity contribution in [2.24, 2.45) is 5.73 Å². The van der Waals surface area contributed by atoms with Gasteiger partial charge in [-0.2, -0.15) is 5.10 Å².